The lowest BCUT2D eigenvalue weighted by Gasteiger charge is -2.21. The van der Waals surface area contributed by atoms with Crippen LogP contribution in [0.1, 0.15) is 17.2 Å². The van der Waals surface area contributed by atoms with Crippen LogP contribution in [0.3, 0.4) is 0 Å². The zero-order valence-electron chi connectivity index (χ0n) is 11.4. The van der Waals surface area contributed by atoms with Crippen molar-refractivity contribution in [1.29, 1.82) is 0 Å². The minimum absolute atomic E-state index is 0.0572. The summed E-state index contributed by atoms with van der Waals surface area (Å²) in [5.74, 6) is -10.6. The van der Waals surface area contributed by atoms with Crippen molar-refractivity contribution in [3.05, 3.63) is 64.5 Å². The average molecular weight is 349 g/mol. The zero-order valence-corrected chi connectivity index (χ0v) is 12.3. The summed E-state index contributed by atoms with van der Waals surface area (Å²) < 4.78 is 93.2. The second kappa shape index (κ2) is 5.00. The summed E-state index contributed by atoms with van der Waals surface area (Å²) in [6, 6.07) is 3.63. The molecule has 0 spiro atoms. The third-order valence-electron chi connectivity index (χ3n) is 3.75. The van der Waals surface area contributed by atoms with Gasteiger partial charge in [0.1, 0.15) is 0 Å². The first-order valence-electron chi connectivity index (χ1n) is 6.28. The molecule has 1 aliphatic heterocycles. The third-order valence-corrected chi connectivity index (χ3v) is 5.65. The van der Waals surface area contributed by atoms with Gasteiger partial charge in [-0.25, -0.2) is 30.4 Å². The Morgan fingerprint density at radius 1 is 0.870 bits per heavy atom. The number of rotatable bonds is 1. The van der Waals surface area contributed by atoms with Crippen LogP contribution in [-0.2, 0) is 10.0 Å². The normalized spacial score (nSPS) is 19.8. The van der Waals surface area contributed by atoms with E-state index in [0.717, 1.165) is 7.05 Å². The van der Waals surface area contributed by atoms with Gasteiger partial charge in [0.2, 0.25) is 15.8 Å². The fourth-order valence-corrected chi connectivity index (χ4v) is 4.17. The minimum Gasteiger partial charge on any atom is -0.207 e. The Labute approximate surface area is 128 Å². The molecule has 0 aliphatic carbocycles. The zero-order chi connectivity index (χ0) is 17.1. The topological polar surface area (TPSA) is 37.4 Å². The van der Waals surface area contributed by atoms with E-state index in [1.807, 2.05) is 0 Å². The Hall–Kier alpha value is -2.00. The van der Waals surface area contributed by atoms with E-state index in [9.17, 15) is 30.4 Å². The minimum atomic E-state index is -4.09. The van der Waals surface area contributed by atoms with Crippen LogP contribution >= 0.6 is 0 Å². The number of fused-ring (bicyclic) bond motifs is 1. The fourth-order valence-electron chi connectivity index (χ4n) is 2.63. The van der Waals surface area contributed by atoms with Gasteiger partial charge in [-0.2, -0.15) is 4.31 Å². The molecule has 1 aliphatic rings. The Balaban J connectivity index is 2.38. The molecule has 3 nitrogen and oxygen atoms in total. The summed E-state index contributed by atoms with van der Waals surface area (Å²) in [5.41, 5.74) is -1.25. The maximum Gasteiger partial charge on any atom is 0.244 e. The van der Waals surface area contributed by atoms with Crippen LogP contribution < -0.4 is 0 Å². The van der Waals surface area contributed by atoms with Gasteiger partial charge in [-0.15, -0.1) is 0 Å². The molecule has 2 aromatic rings. The Morgan fingerprint density at radius 3 is 1.91 bits per heavy atom. The maximum absolute atomic E-state index is 14.0. The molecule has 0 aromatic heterocycles. The summed E-state index contributed by atoms with van der Waals surface area (Å²) in [7, 11) is -3.08. The van der Waals surface area contributed by atoms with Crippen molar-refractivity contribution in [2.75, 3.05) is 7.05 Å². The number of nitrogens with zero attached hydrogens (tertiary/aromatic N) is 1. The standard InChI is InChI=1S/C14H8F5NO2S/c1-20-14(6-4-2-3-5-7(6)23(20,21)22)8-9(15)11(17)13(19)12(18)10(8)16/h2-5,14H,1H3. The monoisotopic (exact) mass is 349 g/mol. The van der Waals surface area contributed by atoms with Crippen molar-refractivity contribution >= 4 is 10.0 Å². The van der Waals surface area contributed by atoms with E-state index in [4.69, 9.17) is 0 Å². The highest BCUT2D eigenvalue weighted by Gasteiger charge is 2.44. The molecular formula is C14H8F5NO2S. The lowest BCUT2D eigenvalue weighted by Crippen LogP contribution is -2.26. The molecule has 0 saturated carbocycles. The quantitative estimate of drug-likeness (QED) is 0.451. The highest BCUT2D eigenvalue weighted by molar-refractivity contribution is 7.89. The Morgan fingerprint density at radius 2 is 1.35 bits per heavy atom. The molecule has 0 fully saturated rings. The molecule has 0 bridgehead atoms. The van der Waals surface area contributed by atoms with Crippen LogP contribution in [0, 0.1) is 29.1 Å². The van der Waals surface area contributed by atoms with Gasteiger partial charge in [0, 0.05) is 7.05 Å². The molecule has 1 atom stereocenters. The van der Waals surface area contributed by atoms with Gasteiger partial charge in [0.15, 0.2) is 23.3 Å². The predicted octanol–water partition coefficient (Wildman–Crippen LogP) is 3.11. The summed E-state index contributed by atoms with van der Waals surface area (Å²) in [5, 5.41) is 0. The van der Waals surface area contributed by atoms with Gasteiger partial charge in [0.25, 0.3) is 0 Å². The van der Waals surface area contributed by atoms with Gasteiger partial charge < -0.3 is 0 Å². The van der Waals surface area contributed by atoms with Crippen LogP contribution in [0.25, 0.3) is 0 Å². The number of hydrogen-bond donors (Lipinski definition) is 0. The van der Waals surface area contributed by atoms with E-state index < -0.39 is 50.7 Å². The molecule has 0 N–H and O–H groups in total. The van der Waals surface area contributed by atoms with Crippen LogP contribution in [-0.4, -0.2) is 19.8 Å². The van der Waals surface area contributed by atoms with E-state index in [1.54, 1.807) is 0 Å². The molecule has 9 heteroatoms. The van der Waals surface area contributed by atoms with E-state index in [1.165, 1.54) is 24.3 Å². The molecule has 23 heavy (non-hydrogen) atoms. The summed E-state index contributed by atoms with van der Waals surface area (Å²) in [6.07, 6.45) is 0. The first-order chi connectivity index (χ1) is 10.7. The highest BCUT2D eigenvalue weighted by Crippen LogP contribution is 2.44. The van der Waals surface area contributed by atoms with E-state index in [2.05, 4.69) is 0 Å². The molecule has 0 radical (unpaired) electrons. The first-order valence-corrected chi connectivity index (χ1v) is 7.72. The van der Waals surface area contributed by atoms with E-state index in [-0.39, 0.29) is 10.5 Å². The SMILES string of the molecule is CN1C(c2c(F)c(F)c(F)c(F)c2F)c2ccccc2S1(=O)=O. The van der Waals surface area contributed by atoms with Gasteiger partial charge >= 0.3 is 0 Å². The number of hydrogen-bond acceptors (Lipinski definition) is 2. The molecule has 1 unspecified atom stereocenters. The molecule has 3 rings (SSSR count). The van der Waals surface area contributed by atoms with Crippen LogP contribution in [0.5, 0.6) is 0 Å². The molecule has 122 valence electrons. The molecule has 0 saturated heterocycles. The van der Waals surface area contributed by atoms with Crippen molar-refractivity contribution in [3.63, 3.8) is 0 Å². The third kappa shape index (κ3) is 1.99. The van der Waals surface area contributed by atoms with Crippen molar-refractivity contribution in [1.82, 2.24) is 4.31 Å². The molecule has 2 aromatic carbocycles. The summed E-state index contributed by atoms with van der Waals surface area (Å²) in [6.45, 7) is 0. The number of sulfonamides is 1. The number of benzene rings is 2. The smallest absolute Gasteiger partial charge is 0.207 e. The molecule has 1 heterocycles. The first kappa shape index (κ1) is 15.9. The Bertz CT molecular complexity index is 900. The summed E-state index contributed by atoms with van der Waals surface area (Å²) >= 11 is 0. The van der Waals surface area contributed by atoms with Crippen molar-refractivity contribution in [2.45, 2.75) is 10.9 Å². The molecule has 0 amide bonds. The Kier molecular flexibility index (Phi) is 3.45. The lowest BCUT2D eigenvalue weighted by molar-refractivity contribution is 0.346. The summed E-state index contributed by atoms with van der Waals surface area (Å²) in [4.78, 5) is -0.239. The largest absolute Gasteiger partial charge is 0.244 e. The van der Waals surface area contributed by atoms with Gasteiger partial charge in [-0.1, -0.05) is 18.2 Å². The second-order valence-electron chi connectivity index (χ2n) is 4.95. The van der Waals surface area contributed by atoms with Crippen molar-refractivity contribution in [3.8, 4) is 0 Å². The van der Waals surface area contributed by atoms with E-state index in [0.29, 0.717) is 4.31 Å². The number of halogens is 5. The van der Waals surface area contributed by atoms with Gasteiger partial charge in [-0.05, 0) is 11.6 Å². The highest BCUT2D eigenvalue weighted by atomic mass is 32.2. The van der Waals surface area contributed by atoms with Crippen molar-refractivity contribution < 1.29 is 30.4 Å². The predicted molar refractivity (Wildman–Crippen MR) is 69.5 cm³/mol. The fraction of sp³-hybridized carbons (Fsp3) is 0.143. The van der Waals surface area contributed by atoms with Crippen LogP contribution in [0.2, 0.25) is 0 Å². The van der Waals surface area contributed by atoms with Gasteiger partial charge in [0.05, 0.1) is 16.5 Å². The average Bonchev–Trinajstić information content (AvgIpc) is 2.73. The van der Waals surface area contributed by atoms with E-state index >= 15 is 0 Å². The lowest BCUT2D eigenvalue weighted by atomic mass is 9.97. The van der Waals surface area contributed by atoms with Crippen molar-refractivity contribution in [2.24, 2.45) is 0 Å². The maximum atomic E-state index is 14.0. The second-order valence-corrected chi connectivity index (χ2v) is 6.91. The van der Waals surface area contributed by atoms with Gasteiger partial charge in [-0.3, -0.25) is 0 Å². The molecular weight excluding hydrogens is 341 g/mol. The van der Waals surface area contributed by atoms with Crippen LogP contribution in [0.4, 0.5) is 22.0 Å². The van der Waals surface area contributed by atoms with Crippen LogP contribution in [0.15, 0.2) is 29.2 Å².